The summed E-state index contributed by atoms with van der Waals surface area (Å²) in [5.74, 6) is -4.38. The molecule has 8 heteroatoms. The molecule has 5 nitrogen and oxygen atoms in total. The number of rotatable bonds is 5. The number of halogens is 3. The summed E-state index contributed by atoms with van der Waals surface area (Å²) >= 11 is 0. The van der Waals surface area contributed by atoms with Crippen molar-refractivity contribution in [1.82, 2.24) is 15.1 Å². The van der Waals surface area contributed by atoms with Gasteiger partial charge in [0.25, 0.3) is 5.91 Å². The first-order valence-electron chi connectivity index (χ1n) is 9.23. The lowest BCUT2D eigenvalue weighted by molar-refractivity contribution is -0.121. The van der Waals surface area contributed by atoms with Crippen molar-refractivity contribution in [2.75, 3.05) is 0 Å². The summed E-state index contributed by atoms with van der Waals surface area (Å²) in [4.78, 5) is 24.8. The molecule has 1 aliphatic carbocycles. The lowest BCUT2D eigenvalue weighted by atomic mass is 9.81. The number of ketones is 1. The Hall–Kier alpha value is -2.38. The second-order valence-electron chi connectivity index (χ2n) is 8.68. The van der Waals surface area contributed by atoms with Gasteiger partial charge in [-0.25, -0.2) is 13.2 Å². The normalized spacial score (nSPS) is 18.0. The molecule has 0 aliphatic heterocycles. The van der Waals surface area contributed by atoms with Crippen LogP contribution in [0, 0.1) is 17.2 Å². The van der Waals surface area contributed by atoms with E-state index < -0.39 is 29.1 Å². The molecule has 1 fully saturated rings. The molecule has 1 aliphatic rings. The second kappa shape index (κ2) is 6.90. The minimum absolute atomic E-state index is 0.0175. The van der Waals surface area contributed by atoms with Crippen LogP contribution in [0.2, 0.25) is 0 Å². The van der Waals surface area contributed by atoms with Gasteiger partial charge in [0, 0.05) is 24.8 Å². The fourth-order valence-corrected chi connectivity index (χ4v) is 3.78. The maximum absolute atomic E-state index is 14.4. The average Bonchev–Trinajstić information content (AvgIpc) is 2.89. The van der Waals surface area contributed by atoms with Gasteiger partial charge in [0.15, 0.2) is 11.5 Å². The van der Waals surface area contributed by atoms with Gasteiger partial charge >= 0.3 is 0 Å². The summed E-state index contributed by atoms with van der Waals surface area (Å²) in [6.07, 6.45) is -0.554. The van der Waals surface area contributed by atoms with Crippen molar-refractivity contribution in [2.45, 2.75) is 59.0 Å². The summed E-state index contributed by atoms with van der Waals surface area (Å²) in [5.41, 5.74) is -0.420. The zero-order chi connectivity index (χ0) is 20.9. The zero-order valence-electron chi connectivity index (χ0n) is 16.4. The van der Waals surface area contributed by atoms with Crippen molar-refractivity contribution >= 4 is 22.6 Å². The largest absolute Gasteiger partial charge is 0.340 e. The topological polar surface area (TPSA) is 64.0 Å². The molecule has 0 spiro atoms. The van der Waals surface area contributed by atoms with Crippen molar-refractivity contribution in [2.24, 2.45) is 11.3 Å². The van der Waals surface area contributed by atoms with E-state index in [2.05, 4.69) is 10.4 Å². The molecule has 1 amide bonds. The van der Waals surface area contributed by atoms with Crippen LogP contribution in [0.1, 0.15) is 51.0 Å². The molecule has 0 saturated heterocycles. The number of hydrogen-bond acceptors (Lipinski definition) is 3. The zero-order valence-corrected chi connectivity index (χ0v) is 16.4. The quantitative estimate of drug-likeness (QED) is 0.834. The van der Waals surface area contributed by atoms with Crippen LogP contribution in [0.3, 0.4) is 0 Å². The summed E-state index contributed by atoms with van der Waals surface area (Å²) in [6, 6.07) is 3.53. The molecule has 0 bridgehead atoms. The Balaban J connectivity index is 1.94. The Labute approximate surface area is 161 Å². The van der Waals surface area contributed by atoms with Crippen LogP contribution in [-0.4, -0.2) is 33.4 Å². The van der Waals surface area contributed by atoms with Gasteiger partial charge in [0.2, 0.25) is 5.92 Å². The smallest absolute Gasteiger partial charge is 0.273 e. The predicted molar refractivity (Wildman–Crippen MR) is 98.8 cm³/mol. The van der Waals surface area contributed by atoms with Gasteiger partial charge in [-0.05, 0) is 24.3 Å². The van der Waals surface area contributed by atoms with Gasteiger partial charge in [0.1, 0.15) is 11.3 Å². The molecule has 3 rings (SSSR count). The molecule has 1 saturated carbocycles. The van der Waals surface area contributed by atoms with Gasteiger partial charge in [0.05, 0.1) is 6.04 Å². The van der Waals surface area contributed by atoms with Crippen molar-refractivity contribution in [3.63, 3.8) is 0 Å². The Morgan fingerprint density at radius 1 is 1.32 bits per heavy atom. The Bertz CT molecular complexity index is 923. The van der Waals surface area contributed by atoms with Gasteiger partial charge in [-0.2, -0.15) is 5.10 Å². The van der Waals surface area contributed by atoms with E-state index in [1.165, 1.54) is 23.7 Å². The van der Waals surface area contributed by atoms with Crippen LogP contribution in [0.4, 0.5) is 13.2 Å². The highest BCUT2D eigenvalue weighted by Gasteiger charge is 2.45. The van der Waals surface area contributed by atoms with Gasteiger partial charge in [-0.15, -0.1) is 0 Å². The molecule has 1 N–H and O–H groups in total. The number of carbonyl (C=O) groups is 2. The minimum Gasteiger partial charge on any atom is -0.340 e. The third-order valence-electron chi connectivity index (χ3n) is 5.09. The van der Waals surface area contributed by atoms with E-state index in [4.69, 9.17) is 0 Å². The fourth-order valence-electron chi connectivity index (χ4n) is 3.78. The average molecular weight is 395 g/mol. The second-order valence-corrected chi connectivity index (χ2v) is 8.68. The third kappa shape index (κ3) is 3.91. The number of Topliss-reactive ketones (excluding diaryl/α,β-unsaturated/α-hetero) is 1. The van der Waals surface area contributed by atoms with Gasteiger partial charge < -0.3 is 5.32 Å². The summed E-state index contributed by atoms with van der Waals surface area (Å²) in [7, 11) is 0. The lowest BCUT2D eigenvalue weighted by Gasteiger charge is -2.34. The molecule has 1 aromatic carbocycles. The summed E-state index contributed by atoms with van der Waals surface area (Å²) in [6.45, 7) is 6.98. The van der Waals surface area contributed by atoms with Crippen molar-refractivity contribution < 1.29 is 22.8 Å². The van der Waals surface area contributed by atoms with Crippen molar-refractivity contribution in [3.05, 3.63) is 29.7 Å². The number of fused-ring (bicyclic) bond motifs is 1. The van der Waals surface area contributed by atoms with Gasteiger partial charge in [-0.3, -0.25) is 14.3 Å². The van der Waals surface area contributed by atoms with Crippen LogP contribution < -0.4 is 5.32 Å². The Morgan fingerprint density at radius 2 is 1.96 bits per heavy atom. The van der Waals surface area contributed by atoms with Crippen LogP contribution >= 0.6 is 0 Å². The van der Waals surface area contributed by atoms with Crippen LogP contribution in [0.15, 0.2) is 18.2 Å². The van der Waals surface area contributed by atoms with Crippen LogP contribution in [0.25, 0.3) is 10.9 Å². The molecule has 1 atom stereocenters. The van der Waals surface area contributed by atoms with Crippen LogP contribution in [0.5, 0.6) is 0 Å². The third-order valence-corrected chi connectivity index (χ3v) is 5.09. The molecule has 1 heterocycles. The van der Waals surface area contributed by atoms with Crippen molar-refractivity contribution in [3.8, 4) is 0 Å². The highest BCUT2D eigenvalue weighted by molar-refractivity contribution is 6.06. The molecular formula is C20H24F3N3O2. The number of nitrogens with one attached hydrogen (secondary N) is 1. The monoisotopic (exact) mass is 395 g/mol. The van der Waals surface area contributed by atoms with E-state index in [9.17, 15) is 22.8 Å². The van der Waals surface area contributed by atoms with E-state index >= 15 is 0 Å². The molecular weight excluding hydrogens is 371 g/mol. The van der Waals surface area contributed by atoms with E-state index in [1.807, 2.05) is 20.8 Å². The number of aromatic nitrogens is 2. The molecule has 152 valence electrons. The number of alkyl halides is 2. The first kappa shape index (κ1) is 20.4. The molecule has 28 heavy (non-hydrogen) atoms. The maximum Gasteiger partial charge on any atom is 0.273 e. The SMILES string of the molecule is CC(=O)C(NC(=O)c1nn(CC2CC(F)(F)C2)c2c(F)cccc12)C(C)(C)C. The molecule has 1 unspecified atom stereocenters. The first-order valence-corrected chi connectivity index (χ1v) is 9.23. The van der Waals surface area contributed by atoms with E-state index in [1.54, 1.807) is 6.07 Å². The van der Waals surface area contributed by atoms with E-state index in [0.29, 0.717) is 5.39 Å². The highest BCUT2D eigenvalue weighted by atomic mass is 19.3. The number of benzene rings is 1. The number of hydrogen-bond donors (Lipinski definition) is 1. The lowest BCUT2D eigenvalue weighted by Crippen LogP contribution is -2.48. The number of nitrogens with zero attached hydrogens (tertiary/aromatic N) is 2. The fraction of sp³-hybridized carbons (Fsp3) is 0.550. The standard InChI is InChI=1S/C20H24F3N3O2/c1-11(27)17(19(2,3)4)24-18(28)15-13-6-5-7-14(21)16(13)26(25-15)10-12-8-20(22,23)9-12/h5-7,12,17H,8-10H2,1-4H3,(H,24,28). The number of amides is 1. The van der Waals surface area contributed by atoms with E-state index in [-0.39, 0.29) is 42.3 Å². The number of carbonyl (C=O) groups excluding carboxylic acids is 2. The Kier molecular flexibility index (Phi) is 5.02. The maximum atomic E-state index is 14.4. The number of para-hydroxylation sites is 1. The van der Waals surface area contributed by atoms with Crippen LogP contribution in [-0.2, 0) is 11.3 Å². The highest BCUT2D eigenvalue weighted by Crippen LogP contribution is 2.43. The van der Waals surface area contributed by atoms with E-state index in [0.717, 1.165) is 0 Å². The Morgan fingerprint density at radius 3 is 2.50 bits per heavy atom. The minimum atomic E-state index is -2.69. The molecule has 2 aromatic rings. The molecule has 1 aromatic heterocycles. The molecule has 0 radical (unpaired) electrons. The summed E-state index contributed by atoms with van der Waals surface area (Å²) < 4.78 is 42.0. The predicted octanol–water partition coefficient (Wildman–Crippen LogP) is 3.95. The van der Waals surface area contributed by atoms with Gasteiger partial charge in [-0.1, -0.05) is 32.9 Å². The van der Waals surface area contributed by atoms with Crippen molar-refractivity contribution in [1.29, 1.82) is 0 Å². The summed E-state index contributed by atoms with van der Waals surface area (Å²) in [5, 5.41) is 7.20. The first-order chi connectivity index (χ1) is 12.9.